The number of nitrogens with one attached hydrogen (secondary N) is 1. The van der Waals surface area contributed by atoms with Gasteiger partial charge in [-0.2, -0.15) is 0 Å². The van der Waals surface area contributed by atoms with Crippen molar-refractivity contribution in [2.24, 2.45) is 0 Å². The van der Waals surface area contributed by atoms with Crippen LogP contribution in [-0.4, -0.2) is 25.8 Å². The van der Waals surface area contributed by atoms with Gasteiger partial charge in [-0.05, 0) is 69.3 Å². The Balaban J connectivity index is 1.86. The van der Waals surface area contributed by atoms with Gasteiger partial charge in [-0.15, -0.1) is 0 Å². The minimum atomic E-state index is -0.177. The lowest BCUT2D eigenvalue weighted by Gasteiger charge is -2.25. The molecule has 1 saturated heterocycles. The SMILES string of the molecule is CNC(CCC1CCCCO1)Cc1cc(Cl)ccc1F. The molecule has 0 amide bonds. The molecule has 0 bridgehead atoms. The Morgan fingerprint density at radius 1 is 1.45 bits per heavy atom. The second-order valence-electron chi connectivity index (χ2n) is 5.49. The van der Waals surface area contributed by atoms with Gasteiger partial charge in [0.1, 0.15) is 5.82 Å². The molecule has 2 rings (SSSR count). The number of halogens is 2. The smallest absolute Gasteiger partial charge is 0.126 e. The molecule has 1 aliphatic heterocycles. The Labute approximate surface area is 125 Å². The van der Waals surface area contributed by atoms with E-state index in [1.54, 1.807) is 12.1 Å². The van der Waals surface area contributed by atoms with E-state index in [2.05, 4.69) is 5.32 Å². The second kappa shape index (κ2) is 7.96. The fraction of sp³-hybridized carbons (Fsp3) is 0.625. The highest BCUT2D eigenvalue weighted by Gasteiger charge is 2.17. The Kier molecular flexibility index (Phi) is 6.27. The van der Waals surface area contributed by atoms with Crippen LogP contribution in [0, 0.1) is 5.82 Å². The van der Waals surface area contributed by atoms with E-state index < -0.39 is 0 Å². The molecule has 1 aromatic carbocycles. The van der Waals surface area contributed by atoms with E-state index in [-0.39, 0.29) is 11.9 Å². The molecule has 1 heterocycles. The van der Waals surface area contributed by atoms with Gasteiger partial charge < -0.3 is 10.1 Å². The van der Waals surface area contributed by atoms with E-state index in [4.69, 9.17) is 16.3 Å². The van der Waals surface area contributed by atoms with Crippen LogP contribution in [0.2, 0.25) is 5.02 Å². The first-order valence-corrected chi connectivity index (χ1v) is 7.79. The Hall–Kier alpha value is -0.640. The maximum Gasteiger partial charge on any atom is 0.126 e. The summed E-state index contributed by atoms with van der Waals surface area (Å²) in [6.07, 6.45) is 6.67. The monoisotopic (exact) mass is 299 g/mol. The fourth-order valence-electron chi connectivity index (χ4n) is 2.74. The van der Waals surface area contributed by atoms with Gasteiger partial charge >= 0.3 is 0 Å². The summed E-state index contributed by atoms with van der Waals surface area (Å²) >= 11 is 5.94. The molecular weight excluding hydrogens is 277 g/mol. The molecule has 112 valence electrons. The summed E-state index contributed by atoms with van der Waals surface area (Å²) in [4.78, 5) is 0. The molecule has 2 unspecified atom stereocenters. The summed E-state index contributed by atoms with van der Waals surface area (Å²) in [6.45, 7) is 0.887. The van der Waals surface area contributed by atoms with Crippen molar-refractivity contribution in [2.45, 2.75) is 50.7 Å². The van der Waals surface area contributed by atoms with Gasteiger partial charge in [-0.3, -0.25) is 0 Å². The zero-order chi connectivity index (χ0) is 14.4. The topological polar surface area (TPSA) is 21.3 Å². The number of hydrogen-bond donors (Lipinski definition) is 1. The van der Waals surface area contributed by atoms with Crippen LogP contribution < -0.4 is 5.32 Å². The third-order valence-corrected chi connectivity index (χ3v) is 4.23. The van der Waals surface area contributed by atoms with Crippen molar-refractivity contribution in [3.63, 3.8) is 0 Å². The Bertz CT molecular complexity index is 421. The van der Waals surface area contributed by atoms with Crippen LogP contribution in [0.4, 0.5) is 4.39 Å². The molecule has 20 heavy (non-hydrogen) atoms. The molecule has 4 heteroatoms. The largest absolute Gasteiger partial charge is 0.378 e. The zero-order valence-corrected chi connectivity index (χ0v) is 12.8. The predicted octanol–water partition coefficient (Wildman–Crippen LogP) is 3.96. The van der Waals surface area contributed by atoms with Crippen molar-refractivity contribution in [1.82, 2.24) is 5.32 Å². The predicted molar refractivity (Wildman–Crippen MR) is 80.8 cm³/mol. The summed E-state index contributed by atoms with van der Waals surface area (Å²) in [5.74, 6) is -0.177. The summed E-state index contributed by atoms with van der Waals surface area (Å²) < 4.78 is 19.5. The van der Waals surface area contributed by atoms with Crippen molar-refractivity contribution in [3.05, 3.63) is 34.6 Å². The van der Waals surface area contributed by atoms with E-state index in [9.17, 15) is 4.39 Å². The number of likely N-dealkylation sites (N-methyl/N-ethyl adjacent to an activating group) is 1. The third-order valence-electron chi connectivity index (χ3n) is 3.99. The molecule has 0 saturated carbocycles. The molecular formula is C16H23ClFNO. The van der Waals surface area contributed by atoms with Crippen LogP contribution in [0.1, 0.15) is 37.7 Å². The highest BCUT2D eigenvalue weighted by molar-refractivity contribution is 6.30. The molecule has 2 atom stereocenters. The van der Waals surface area contributed by atoms with Crippen molar-refractivity contribution in [3.8, 4) is 0 Å². The minimum absolute atomic E-state index is 0.177. The molecule has 2 nitrogen and oxygen atoms in total. The highest BCUT2D eigenvalue weighted by atomic mass is 35.5. The van der Waals surface area contributed by atoms with Crippen molar-refractivity contribution >= 4 is 11.6 Å². The maximum atomic E-state index is 13.8. The fourth-order valence-corrected chi connectivity index (χ4v) is 2.93. The van der Waals surface area contributed by atoms with Gasteiger partial charge in [0, 0.05) is 17.7 Å². The highest BCUT2D eigenvalue weighted by Crippen LogP contribution is 2.21. The van der Waals surface area contributed by atoms with Crippen LogP contribution in [0.15, 0.2) is 18.2 Å². The molecule has 1 N–H and O–H groups in total. The van der Waals surface area contributed by atoms with Crippen molar-refractivity contribution in [1.29, 1.82) is 0 Å². The lowest BCUT2D eigenvalue weighted by Crippen LogP contribution is -2.30. The summed E-state index contributed by atoms with van der Waals surface area (Å²) in [5, 5.41) is 3.86. The maximum absolute atomic E-state index is 13.8. The second-order valence-corrected chi connectivity index (χ2v) is 5.93. The van der Waals surface area contributed by atoms with Gasteiger partial charge in [-0.1, -0.05) is 11.6 Å². The lowest BCUT2D eigenvalue weighted by molar-refractivity contribution is 0.00869. The average molecular weight is 300 g/mol. The third kappa shape index (κ3) is 4.72. The standard InChI is InChI=1S/C16H23ClFNO/c1-19-14(6-7-15-4-2-3-9-20-15)11-12-10-13(17)5-8-16(12)18/h5,8,10,14-15,19H,2-4,6-7,9,11H2,1H3. The lowest BCUT2D eigenvalue weighted by atomic mass is 9.97. The summed E-state index contributed by atoms with van der Waals surface area (Å²) in [6, 6.07) is 5.01. The summed E-state index contributed by atoms with van der Waals surface area (Å²) in [5.41, 5.74) is 0.682. The molecule has 1 aliphatic rings. The van der Waals surface area contributed by atoms with E-state index in [0.717, 1.165) is 25.9 Å². The number of hydrogen-bond acceptors (Lipinski definition) is 2. The van der Waals surface area contributed by atoms with Gasteiger partial charge in [0.2, 0.25) is 0 Å². The van der Waals surface area contributed by atoms with E-state index in [0.29, 0.717) is 23.1 Å². The summed E-state index contributed by atoms with van der Waals surface area (Å²) in [7, 11) is 1.93. The van der Waals surface area contributed by atoms with Crippen molar-refractivity contribution < 1.29 is 9.13 Å². The minimum Gasteiger partial charge on any atom is -0.378 e. The number of ether oxygens (including phenoxy) is 1. The molecule has 0 radical (unpaired) electrons. The van der Waals surface area contributed by atoms with Crippen molar-refractivity contribution in [2.75, 3.05) is 13.7 Å². The van der Waals surface area contributed by atoms with Crippen LogP contribution in [0.5, 0.6) is 0 Å². The quantitative estimate of drug-likeness (QED) is 0.858. The van der Waals surface area contributed by atoms with E-state index in [1.165, 1.54) is 18.9 Å². The average Bonchev–Trinajstić information content (AvgIpc) is 2.48. The molecule has 0 aromatic heterocycles. The zero-order valence-electron chi connectivity index (χ0n) is 12.0. The van der Waals surface area contributed by atoms with E-state index >= 15 is 0 Å². The normalized spacial score (nSPS) is 20.9. The molecule has 0 aliphatic carbocycles. The molecule has 0 spiro atoms. The first-order chi connectivity index (χ1) is 9.69. The van der Waals surface area contributed by atoms with Gasteiger partial charge in [0.25, 0.3) is 0 Å². The number of benzene rings is 1. The van der Waals surface area contributed by atoms with Gasteiger partial charge in [0.15, 0.2) is 0 Å². The van der Waals surface area contributed by atoms with E-state index in [1.807, 2.05) is 7.05 Å². The molecule has 1 fully saturated rings. The Morgan fingerprint density at radius 2 is 2.30 bits per heavy atom. The van der Waals surface area contributed by atoms with Crippen LogP contribution in [-0.2, 0) is 11.2 Å². The first kappa shape index (κ1) is 15.7. The van der Waals surface area contributed by atoms with Gasteiger partial charge in [-0.25, -0.2) is 4.39 Å². The number of rotatable bonds is 6. The Morgan fingerprint density at radius 3 is 3.00 bits per heavy atom. The van der Waals surface area contributed by atoms with Crippen LogP contribution in [0.3, 0.4) is 0 Å². The van der Waals surface area contributed by atoms with Gasteiger partial charge in [0.05, 0.1) is 6.10 Å². The first-order valence-electron chi connectivity index (χ1n) is 7.42. The molecule has 1 aromatic rings. The van der Waals surface area contributed by atoms with Crippen LogP contribution >= 0.6 is 11.6 Å². The van der Waals surface area contributed by atoms with Crippen LogP contribution in [0.25, 0.3) is 0 Å².